The molecule has 0 bridgehead atoms. The molecule has 0 aliphatic heterocycles. The molecular formula is C19H16F3P. The van der Waals surface area contributed by atoms with E-state index in [1.807, 2.05) is 0 Å². The molecular weight excluding hydrogens is 316 g/mol. The molecule has 0 amide bonds. The Morgan fingerprint density at radius 2 is 0.696 bits per heavy atom. The van der Waals surface area contributed by atoms with Crippen LogP contribution in [-0.2, 0) is 0 Å². The molecule has 0 saturated heterocycles. The van der Waals surface area contributed by atoms with Gasteiger partial charge in [0.15, 0.2) is 0 Å². The fourth-order valence-electron chi connectivity index (χ4n) is 2.85. The van der Waals surface area contributed by atoms with Crippen molar-refractivity contribution in [2.24, 2.45) is 0 Å². The summed E-state index contributed by atoms with van der Waals surface area (Å²) in [6.45, 7) is 2.10. The number of rotatable bonds is 3. The summed E-state index contributed by atoms with van der Waals surface area (Å²) in [4.78, 5) is 0. The van der Waals surface area contributed by atoms with Crippen LogP contribution >= 0.6 is 7.26 Å². The molecule has 118 valence electrons. The van der Waals surface area contributed by atoms with Crippen LogP contribution in [0.3, 0.4) is 0 Å². The van der Waals surface area contributed by atoms with Gasteiger partial charge in [-0.05, 0) is 0 Å². The summed E-state index contributed by atoms with van der Waals surface area (Å²) >= 11 is 0. The van der Waals surface area contributed by atoms with Gasteiger partial charge in [-0.15, -0.1) is 0 Å². The van der Waals surface area contributed by atoms with Gasteiger partial charge in [0, 0.05) is 0 Å². The summed E-state index contributed by atoms with van der Waals surface area (Å²) in [7, 11) is -2.45. The minimum atomic E-state index is -2.45. The van der Waals surface area contributed by atoms with Crippen molar-refractivity contribution >= 4 is 23.2 Å². The Bertz CT molecular complexity index is 683. The predicted octanol–water partition coefficient (Wildman–Crippen LogP) is 3.76. The predicted molar refractivity (Wildman–Crippen MR) is 92.3 cm³/mol. The molecule has 0 spiro atoms. The average molecular weight is 332 g/mol. The Labute approximate surface area is 133 Å². The van der Waals surface area contributed by atoms with Crippen LogP contribution in [0, 0.1) is 17.5 Å². The van der Waals surface area contributed by atoms with E-state index in [-0.39, 0.29) is 17.5 Å². The monoisotopic (exact) mass is 332 g/mol. The second-order valence-corrected chi connectivity index (χ2v) is 9.63. The van der Waals surface area contributed by atoms with Gasteiger partial charge >= 0.3 is 133 Å². The van der Waals surface area contributed by atoms with E-state index in [1.54, 1.807) is 36.4 Å². The Hall–Kier alpha value is -2.12. The van der Waals surface area contributed by atoms with Gasteiger partial charge in [0.1, 0.15) is 0 Å². The summed E-state index contributed by atoms with van der Waals surface area (Å²) < 4.78 is 39.9. The van der Waals surface area contributed by atoms with Gasteiger partial charge in [-0.1, -0.05) is 0 Å². The summed E-state index contributed by atoms with van der Waals surface area (Å²) in [5, 5.41) is 2.95. The molecule has 0 atom stereocenters. The quantitative estimate of drug-likeness (QED) is 0.641. The summed E-state index contributed by atoms with van der Waals surface area (Å²) in [6.07, 6.45) is 0. The zero-order valence-corrected chi connectivity index (χ0v) is 13.6. The van der Waals surface area contributed by atoms with E-state index in [4.69, 9.17) is 0 Å². The number of hydrogen-bond acceptors (Lipinski definition) is 0. The second kappa shape index (κ2) is 6.17. The van der Waals surface area contributed by atoms with Crippen molar-refractivity contribution in [1.82, 2.24) is 0 Å². The van der Waals surface area contributed by atoms with Crippen molar-refractivity contribution in [2.75, 3.05) is 6.66 Å². The fourth-order valence-corrected chi connectivity index (χ4v) is 6.35. The maximum atomic E-state index is 13.3. The molecule has 3 aromatic carbocycles. The van der Waals surface area contributed by atoms with Gasteiger partial charge in [0.05, 0.1) is 0 Å². The van der Waals surface area contributed by atoms with Crippen LogP contribution in [0.2, 0.25) is 0 Å². The normalized spacial score (nSPS) is 12.2. The number of halogens is 3. The number of hydrogen-bond donors (Lipinski definition) is 0. The molecule has 0 heterocycles. The Morgan fingerprint density at radius 1 is 0.478 bits per heavy atom. The number of benzene rings is 3. The second-order valence-electron chi connectivity index (χ2n) is 5.65. The van der Waals surface area contributed by atoms with E-state index in [1.165, 1.54) is 36.4 Å². The van der Waals surface area contributed by atoms with E-state index in [0.29, 0.717) is 0 Å². The molecule has 23 heavy (non-hydrogen) atoms. The van der Waals surface area contributed by atoms with Crippen molar-refractivity contribution in [3.8, 4) is 0 Å². The van der Waals surface area contributed by atoms with E-state index in [0.717, 1.165) is 15.9 Å². The molecule has 3 rings (SSSR count). The van der Waals surface area contributed by atoms with Crippen molar-refractivity contribution in [3.63, 3.8) is 0 Å². The maximum absolute atomic E-state index is 13.3. The molecule has 0 radical (unpaired) electrons. The van der Waals surface area contributed by atoms with Gasteiger partial charge in [-0.25, -0.2) is 0 Å². The van der Waals surface area contributed by atoms with Crippen molar-refractivity contribution < 1.29 is 13.2 Å². The molecule has 0 fully saturated rings. The summed E-state index contributed by atoms with van der Waals surface area (Å²) in [5.41, 5.74) is 0. The third-order valence-electron chi connectivity index (χ3n) is 4.26. The Morgan fingerprint density at radius 3 is 0.913 bits per heavy atom. The van der Waals surface area contributed by atoms with Gasteiger partial charge < -0.3 is 0 Å². The van der Waals surface area contributed by atoms with Gasteiger partial charge in [0.2, 0.25) is 0 Å². The molecule has 3 aromatic rings. The first kappa shape index (κ1) is 15.8. The van der Waals surface area contributed by atoms with Crippen LogP contribution in [0.4, 0.5) is 13.2 Å². The average Bonchev–Trinajstić information content (AvgIpc) is 2.56. The van der Waals surface area contributed by atoms with E-state index >= 15 is 0 Å². The van der Waals surface area contributed by atoms with E-state index < -0.39 is 7.26 Å². The van der Waals surface area contributed by atoms with Crippen LogP contribution in [0.5, 0.6) is 0 Å². The minimum absolute atomic E-state index is 0.302. The first-order valence-corrected chi connectivity index (χ1v) is 9.78. The Kier molecular flexibility index (Phi) is 4.23. The zero-order chi connectivity index (χ0) is 16.4. The standard InChI is InChI=1S/C19H16F3P/c1-23(17-8-2-14(20)3-9-17,18-10-4-15(21)5-11-18)19-12-6-16(22)7-13-19/h2-13,23H,1H3. The molecule has 0 aliphatic carbocycles. The third kappa shape index (κ3) is 3.02. The van der Waals surface area contributed by atoms with Crippen LogP contribution in [0.1, 0.15) is 0 Å². The first-order valence-electron chi connectivity index (χ1n) is 7.28. The molecule has 0 N–H and O–H groups in total. The van der Waals surface area contributed by atoms with Crippen molar-refractivity contribution in [2.45, 2.75) is 0 Å². The van der Waals surface area contributed by atoms with E-state index in [2.05, 4.69) is 6.66 Å². The first-order chi connectivity index (χ1) is 11.0. The third-order valence-corrected chi connectivity index (χ3v) is 8.73. The van der Waals surface area contributed by atoms with Crippen LogP contribution in [0.25, 0.3) is 0 Å². The van der Waals surface area contributed by atoms with Crippen molar-refractivity contribution in [1.29, 1.82) is 0 Å². The molecule has 4 heteroatoms. The molecule has 0 aromatic heterocycles. The van der Waals surface area contributed by atoms with E-state index in [9.17, 15) is 13.2 Å². The van der Waals surface area contributed by atoms with Crippen LogP contribution < -0.4 is 15.9 Å². The SMILES string of the molecule is C[PH](c1ccc(F)cc1)(c1ccc(F)cc1)c1ccc(F)cc1. The summed E-state index contributed by atoms with van der Waals surface area (Å²) in [6, 6.07) is 19.1. The molecule has 0 unspecified atom stereocenters. The van der Waals surface area contributed by atoms with Crippen molar-refractivity contribution in [3.05, 3.63) is 90.2 Å². The van der Waals surface area contributed by atoms with Gasteiger partial charge in [-0.2, -0.15) is 0 Å². The molecule has 0 aliphatic rings. The van der Waals surface area contributed by atoms with Gasteiger partial charge in [0.25, 0.3) is 0 Å². The fraction of sp³-hybridized carbons (Fsp3) is 0.0526. The van der Waals surface area contributed by atoms with Crippen LogP contribution in [0.15, 0.2) is 72.8 Å². The zero-order valence-electron chi connectivity index (χ0n) is 12.6. The molecule has 0 nitrogen and oxygen atoms in total. The van der Waals surface area contributed by atoms with Gasteiger partial charge in [-0.3, -0.25) is 0 Å². The molecule has 0 saturated carbocycles. The topological polar surface area (TPSA) is 0 Å². The van der Waals surface area contributed by atoms with Crippen LogP contribution in [-0.4, -0.2) is 6.66 Å². The Balaban J connectivity index is 2.21. The summed E-state index contributed by atoms with van der Waals surface area (Å²) in [5.74, 6) is -0.907.